The lowest BCUT2D eigenvalue weighted by molar-refractivity contribution is -0.137. The van der Waals surface area contributed by atoms with Gasteiger partial charge in [-0.2, -0.15) is 0 Å². The molecular formula is C10H9NO4S. The van der Waals surface area contributed by atoms with Gasteiger partial charge in [-0.05, 0) is 12.5 Å². The maximum absolute atomic E-state index is 11.7. The number of nitrogens with zero attached hydrogens (tertiary/aromatic N) is 1. The second kappa shape index (κ2) is 3.71. The molecule has 2 rings (SSSR count). The van der Waals surface area contributed by atoms with E-state index in [1.165, 1.54) is 11.3 Å². The number of carbonyl (C=O) groups is 3. The lowest BCUT2D eigenvalue weighted by Gasteiger charge is -2.09. The summed E-state index contributed by atoms with van der Waals surface area (Å²) >= 11 is 1.26. The summed E-state index contributed by atoms with van der Waals surface area (Å²) in [5, 5.41) is 8.58. The molecular weight excluding hydrogens is 230 g/mol. The van der Waals surface area contributed by atoms with Crippen LogP contribution < -0.4 is 0 Å². The van der Waals surface area contributed by atoms with E-state index in [1.807, 2.05) is 6.92 Å². The Kier molecular flexibility index (Phi) is 2.51. The van der Waals surface area contributed by atoms with Gasteiger partial charge < -0.3 is 5.11 Å². The summed E-state index contributed by atoms with van der Waals surface area (Å²) in [4.78, 5) is 36.0. The monoisotopic (exact) mass is 239 g/mol. The van der Waals surface area contributed by atoms with Crippen LogP contribution in [0, 0.1) is 0 Å². The minimum absolute atomic E-state index is 0.341. The SMILES string of the molecule is CCc1cc2c(s1)C(=O)N(CC(=O)O)C2=O. The Morgan fingerprint density at radius 3 is 2.62 bits per heavy atom. The van der Waals surface area contributed by atoms with Gasteiger partial charge in [-0.3, -0.25) is 19.3 Å². The second-order valence-corrected chi connectivity index (χ2v) is 4.54. The van der Waals surface area contributed by atoms with Gasteiger partial charge in [-0.1, -0.05) is 6.92 Å². The number of hydrogen-bond donors (Lipinski definition) is 1. The molecule has 0 fully saturated rings. The molecule has 0 aromatic carbocycles. The molecule has 2 heterocycles. The molecule has 0 bridgehead atoms. The highest BCUT2D eigenvalue weighted by atomic mass is 32.1. The molecule has 5 nitrogen and oxygen atoms in total. The number of carbonyl (C=O) groups excluding carboxylic acids is 2. The highest BCUT2D eigenvalue weighted by Gasteiger charge is 2.38. The van der Waals surface area contributed by atoms with Gasteiger partial charge in [0.2, 0.25) is 0 Å². The van der Waals surface area contributed by atoms with Gasteiger partial charge in [0, 0.05) is 4.88 Å². The van der Waals surface area contributed by atoms with Crippen molar-refractivity contribution in [3.8, 4) is 0 Å². The fourth-order valence-corrected chi connectivity index (χ4v) is 2.61. The number of aryl methyl sites for hydroxylation is 1. The maximum Gasteiger partial charge on any atom is 0.323 e. The van der Waals surface area contributed by atoms with Crippen molar-refractivity contribution in [1.82, 2.24) is 4.90 Å². The Balaban J connectivity index is 2.35. The van der Waals surface area contributed by atoms with Gasteiger partial charge in [0.25, 0.3) is 11.8 Å². The molecule has 0 radical (unpaired) electrons. The third-order valence-electron chi connectivity index (χ3n) is 2.34. The molecule has 0 saturated carbocycles. The van der Waals surface area contributed by atoms with Crippen molar-refractivity contribution in [3.05, 3.63) is 21.4 Å². The Morgan fingerprint density at radius 1 is 1.44 bits per heavy atom. The van der Waals surface area contributed by atoms with E-state index in [0.29, 0.717) is 10.4 Å². The first-order valence-electron chi connectivity index (χ1n) is 4.75. The smallest absolute Gasteiger partial charge is 0.323 e. The van der Waals surface area contributed by atoms with Crippen molar-refractivity contribution < 1.29 is 19.5 Å². The Morgan fingerprint density at radius 2 is 2.12 bits per heavy atom. The summed E-state index contributed by atoms with van der Waals surface area (Å²) in [6.07, 6.45) is 0.761. The maximum atomic E-state index is 11.7. The van der Waals surface area contributed by atoms with Crippen LogP contribution in [0.2, 0.25) is 0 Å². The lowest BCUT2D eigenvalue weighted by atomic mass is 10.2. The number of hydrogen-bond acceptors (Lipinski definition) is 4. The van der Waals surface area contributed by atoms with E-state index in [4.69, 9.17) is 5.11 Å². The van der Waals surface area contributed by atoms with Crippen LogP contribution in [-0.4, -0.2) is 34.3 Å². The number of amides is 2. The molecule has 0 atom stereocenters. The summed E-state index contributed by atoms with van der Waals surface area (Å²) in [5.41, 5.74) is 0.341. The fourth-order valence-electron chi connectivity index (χ4n) is 1.57. The van der Waals surface area contributed by atoms with E-state index in [2.05, 4.69) is 0 Å². The van der Waals surface area contributed by atoms with E-state index in [0.717, 1.165) is 16.2 Å². The van der Waals surface area contributed by atoms with Gasteiger partial charge in [-0.15, -0.1) is 11.3 Å². The standard InChI is InChI=1S/C10H9NO4S/c1-2-5-3-6-8(16-5)10(15)11(9(6)14)4-7(12)13/h3H,2,4H2,1H3,(H,12,13). The van der Waals surface area contributed by atoms with E-state index < -0.39 is 24.3 Å². The zero-order chi connectivity index (χ0) is 11.9. The molecule has 1 aromatic rings. The average Bonchev–Trinajstić information content (AvgIpc) is 2.74. The van der Waals surface area contributed by atoms with Gasteiger partial charge in [-0.25, -0.2) is 0 Å². The minimum Gasteiger partial charge on any atom is -0.480 e. The molecule has 0 unspecified atom stereocenters. The van der Waals surface area contributed by atoms with Gasteiger partial charge >= 0.3 is 5.97 Å². The van der Waals surface area contributed by atoms with Crippen LogP contribution in [0.15, 0.2) is 6.07 Å². The summed E-state index contributed by atoms with van der Waals surface area (Å²) in [5.74, 6) is -2.18. The quantitative estimate of drug-likeness (QED) is 0.798. The second-order valence-electron chi connectivity index (χ2n) is 3.40. The van der Waals surface area contributed by atoms with E-state index in [-0.39, 0.29) is 0 Å². The molecule has 1 N–H and O–H groups in total. The van der Waals surface area contributed by atoms with Crippen LogP contribution in [0.5, 0.6) is 0 Å². The predicted molar refractivity (Wildman–Crippen MR) is 56.7 cm³/mol. The van der Waals surface area contributed by atoms with Crippen LogP contribution in [0.25, 0.3) is 0 Å². The van der Waals surface area contributed by atoms with Crippen LogP contribution in [0.4, 0.5) is 0 Å². The van der Waals surface area contributed by atoms with Crippen molar-refractivity contribution >= 4 is 29.1 Å². The van der Waals surface area contributed by atoms with Crippen LogP contribution in [0.1, 0.15) is 31.8 Å². The summed E-state index contributed by atoms with van der Waals surface area (Å²) in [6, 6.07) is 1.67. The third kappa shape index (κ3) is 1.51. The number of fused-ring (bicyclic) bond motifs is 1. The lowest BCUT2D eigenvalue weighted by Crippen LogP contribution is -2.34. The summed E-state index contributed by atoms with van der Waals surface area (Å²) < 4.78 is 0. The molecule has 6 heteroatoms. The molecule has 0 saturated heterocycles. The Labute approximate surface area is 95.3 Å². The van der Waals surface area contributed by atoms with Gasteiger partial charge in [0.15, 0.2) is 0 Å². The highest BCUT2D eigenvalue weighted by Crippen LogP contribution is 2.31. The highest BCUT2D eigenvalue weighted by molar-refractivity contribution is 7.14. The van der Waals surface area contributed by atoms with Crippen LogP contribution >= 0.6 is 11.3 Å². The van der Waals surface area contributed by atoms with Crippen molar-refractivity contribution in [3.63, 3.8) is 0 Å². The summed E-state index contributed by atoms with van der Waals surface area (Å²) in [6.45, 7) is 1.37. The average molecular weight is 239 g/mol. The third-order valence-corrected chi connectivity index (χ3v) is 3.61. The number of thiophene rings is 1. The molecule has 0 aliphatic carbocycles. The van der Waals surface area contributed by atoms with Gasteiger partial charge in [0.1, 0.15) is 11.4 Å². The molecule has 1 aliphatic heterocycles. The van der Waals surface area contributed by atoms with Crippen molar-refractivity contribution in [2.45, 2.75) is 13.3 Å². The largest absolute Gasteiger partial charge is 0.480 e. The summed E-state index contributed by atoms with van der Waals surface area (Å²) in [7, 11) is 0. The molecule has 0 spiro atoms. The molecule has 84 valence electrons. The fraction of sp³-hybridized carbons (Fsp3) is 0.300. The van der Waals surface area contributed by atoms with E-state index >= 15 is 0 Å². The molecule has 1 aliphatic rings. The van der Waals surface area contributed by atoms with Crippen molar-refractivity contribution in [2.75, 3.05) is 6.54 Å². The Bertz CT molecular complexity index is 458. The van der Waals surface area contributed by atoms with Crippen LogP contribution in [0.3, 0.4) is 0 Å². The predicted octanol–water partition coefficient (Wildman–Crippen LogP) is 0.991. The van der Waals surface area contributed by atoms with Crippen molar-refractivity contribution in [1.29, 1.82) is 0 Å². The number of aliphatic carboxylic acids is 1. The first-order valence-corrected chi connectivity index (χ1v) is 5.57. The zero-order valence-electron chi connectivity index (χ0n) is 8.52. The first-order chi connectivity index (χ1) is 7.54. The minimum atomic E-state index is -1.19. The normalized spacial score (nSPS) is 14.4. The van der Waals surface area contributed by atoms with Crippen molar-refractivity contribution in [2.24, 2.45) is 0 Å². The first kappa shape index (κ1) is 10.8. The number of imide groups is 1. The number of rotatable bonds is 3. The van der Waals surface area contributed by atoms with Crippen LogP contribution in [-0.2, 0) is 11.2 Å². The van der Waals surface area contributed by atoms with E-state index in [1.54, 1.807) is 6.07 Å². The number of carboxylic acid groups (broad SMARTS) is 1. The Hall–Kier alpha value is -1.69. The zero-order valence-corrected chi connectivity index (χ0v) is 9.34. The van der Waals surface area contributed by atoms with E-state index in [9.17, 15) is 14.4 Å². The van der Waals surface area contributed by atoms with Gasteiger partial charge in [0.05, 0.1) is 5.56 Å². The number of carboxylic acids is 1. The molecule has 2 amide bonds. The molecule has 1 aromatic heterocycles. The topological polar surface area (TPSA) is 74.7 Å². The molecule has 16 heavy (non-hydrogen) atoms.